The smallest absolute Gasteiger partial charge is 0.254 e. The maximum Gasteiger partial charge on any atom is 0.254 e. The molecule has 2 rings (SSSR count). The summed E-state index contributed by atoms with van der Waals surface area (Å²) in [4.78, 5) is 14.5. The molecule has 1 aromatic carbocycles. The monoisotopic (exact) mass is 246 g/mol. The van der Waals surface area contributed by atoms with Crippen LogP contribution in [0.5, 0.6) is 0 Å². The average molecular weight is 246 g/mol. The Labute approximate surface area is 109 Å². The summed E-state index contributed by atoms with van der Waals surface area (Å²) < 4.78 is 0. The molecule has 1 unspecified atom stereocenters. The van der Waals surface area contributed by atoms with Gasteiger partial charge < -0.3 is 10.2 Å². The summed E-state index contributed by atoms with van der Waals surface area (Å²) in [7, 11) is 1.97. The minimum absolute atomic E-state index is 0.189. The van der Waals surface area contributed by atoms with Crippen molar-refractivity contribution in [3.05, 3.63) is 35.4 Å². The number of benzene rings is 1. The first-order valence-corrected chi connectivity index (χ1v) is 6.72. The largest absolute Gasteiger partial charge is 0.338 e. The van der Waals surface area contributed by atoms with Crippen LogP contribution in [-0.4, -0.2) is 37.5 Å². The Balaban J connectivity index is 2.07. The number of nitrogens with zero attached hydrogens (tertiary/aromatic N) is 1. The third-order valence-electron chi connectivity index (χ3n) is 3.67. The third-order valence-corrected chi connectivity index (χ3v) is 3.67. The molecule has 1 amide bonds. The average Bonchev–Trinajstić information content (AvgIpc) is 2.39. The highest BCUT2D eigenvalue weighted by molar-refractivity contribution is 5.95. The van der Waals surface area contributed by atoms with Gasteiger partial charge in [0.2, 0.25) is 0 Å². The van der Waals surface area contributed by atoms with E-state index in [0.717, 1.165) is 37.2 Å². The number of hydrogen-bond donors (Lipinski definition) is 1. The zero-order valence-electron chi connectivity index (χ0n) is 11.3. The van der Waals surface area contributed by atoms with Gasteiger partial charge in [-0.2, -0.15) is 0 Å². The van der Waals surface area contributed by atoms with Crippen molar-refractivity contribution in [1.82, 2.24) is 10.2 Å². The molecule has 0 saturated carbocycles. The second kappa shape index (κ2) is 6.01. The number of likely N-dealkylation sites (tertiary alicyclic amines) is 1. The Hall–Kier alpha value is -1.35. The molecule has 1 saturated heterocycles. The summed E-state index contributed by atoms with van der Waals surface area (Å²) in [5, 5.41) is 3.21. The van der Waals surface area contributed by atoms with Crippen molar-refractivity contribution >= 4 is 5.91 Å². The predicted molar refractivity (Wildman–Crippen MR) is 73.7 cm³/mol. The Morgan fingerprint density at radius 1 is 1.44 bits per heavy atom. The van der Waals surface area contributed by atoms with Crippen molar-refractivity contribution in [3.8, 4) is 0 Å². The highest BCUT2D eigenvalue weighted by Gasteiger charge is 2.24. The molecule has 1 aromatic rings. The number of aryl methyl sites for hydroxylation is 1. The summed E-state index contributed by atoms with van der Waals surface area (Å²) in [5.74, 6) is 0.783. The van der Waals surface area contributed by atoms with Crippen molar-refractivity contribution in [1.29, 1.82) is 0 Å². The third kappa shape index (κ3) is 2.91. The number of amides is 1. The molecule has 1 aliphatic rings. The summed E-state index contributed by atoms with van der Waals surface area (Å²) >= 11 is 0. The predicted octanol–water partition coefficient (Wildman–Crippen LogP) is 2.07. The fraction of sp³-hybridized carbons (Fsp3) is 0.533. The molecule has 0 aliphatic carbocycles. The van der Waals surface area contributed by atoms with E-state index in [0.29, 0.717) is 5.92 Å². The summed E-state index contributed by atoms with van der Waals surface area (Å²) in [6.45, 7) is 4.78. The fourth-order valence-electron chi connectivity index (χ4n) is 2.69. The molecule has 1 heterocycles. The van der Waals surface area contributed by atoms with Gasteiger partial charge in [0.05, 0.1) is 0 Å². The van der Waals surface area contributed by atoms with Gasteiger partial charge in [0.25, 0.3) is 5.91 Å². The van der Waals surface area contributed by atoms with Crippen LogP contribution >= 0.6 is 0 Å². The van der Waals surface area contributed by atoms with Crippen LogP contribution in [0.15, 0.2) is 24.3 Å². The lowest BCUT2D eigenvalue weighted by molar-refractivity contribution is 0.0673. The van der Waals surface area contributed by atoms with E-state index in [1.54, 1.807) is 0 Å². The summed E-state index contributed by atoms with van der Waals surface area (Å²) in [6.07, 6.45) is 2.34. The van der Waals surface area contributed by atoms with E-state index in [1.165, 1.54) is 6.42 Å². The van der Waals surface area contributed by atoms with Crippen molar-refractivity contribution in [2.24, 2.45) is 5.92 Å². The van der Waals surface area contributed by atoms with Crippen molar-refractivity contribution in [2.75, 3.05) is 26.7 Å². The Morgan fingerprint density at radius 2 is 2.22 bits per heavy atom. The minimum Gasteiger partial charge on any atom is -0.338 e. The highest BCUT2D eigenvalue weighted by Crippen LogP contribution is 2.19. The van der Waals surface area contributed by atoms with Crippen LogP contribution < -0.4 is 5.32 Å². The molecule has 98 valence electrons. The molecule has 0 aromatic heterocycles. The van der Waals surface area contributed by atoms with Crippen LogP contribution in [0, 0.1) is 12.8 Å². The molecule has 3 nitrogen and oxygen atoms in total. The molecule has 0 bridgehead atoms. The molecule has 18 heavy (non-hydrogen) atoms. The number of nitrogens with one attached hydrogen (secondary N) is 1. The number of piperidine rings is 1. The fourth-order valence-corrected chi connectivity index (χ4v) is 2.69. The second-order valence-corrected chi connectivity index (χ2v) is 5.13. The van der Waals surface area contributed by atoms with Crippen LogP contribution in [0.4, 0.5) is 0 Å². The number of rotatable bonds is 3. The Morgan fingerprint density at radius 3 is 2.94 bits per heavy atom. The maximum absolute atomic E-state index is 12.5. The molecule has 1 fully saturated rings. The van der Waals surface area contributed by atoms with E-state index in [9.17, 15) is 4.79 Å². The maximum atomic E-state index is 12.5. The Kier molecular flexibility index (Phi) is 4.37. The van der Waals surface area contributed by atoms with Gasteiger partial charge in [0.1, 0.15) is 0 Å². The van der Waals surface area contributed by atoms with Crippen LogP contribution in [-0.2, 0) is 0 Å². The van der Waals surface area contributed by atoms with E-state index >= 15 is 0 Å². The molecule has 0 radical (unpaired) electrons. The van der Waals surface area contributed by atoms with E-state index in [-0.39, 0.29) is 5.91 Å². The van der Waals surface area contributed by atoms with Crippen molar-refractivity contribution in [3.63, 3.8) is 0 Å². The first-order chi connectivity index (χ1) is 8.72. The first kappa shape index (κ1) is 13.1. The first-order valence-electron chi connectivity index (χ1n) is 6.72. The van der Waals surface area contributed by atoms with Gasteiger partial charge in [0, 0.05) is 18.7 Å². The molecule has 1 N–H and O–H groups in total. The summed E-state index contributed by atoms with van der Waals surface area (Å²) in [5.41, 5.74) is 1.92. The van der Waals surface area contributed by atoms with Gasteiger partial charge in [-0.1, -0.05) is 18.2 Å². The number of hydrogen-bond acceptors (Lipinski definition) is 2. The van der Waals surface area contributed by atoms with Gasteiger partial charge in [-0.25, -0.2) is 0 Å². The topological polar surface area (TPSA) is 32.3 Å². The molecule has 0 spiro atoms. The van der Waals surface area contributed by atoms with E-state index in [2.05, 4.69) is 5.32 Å². The number of carbonyl (C=O) groups excluding carboxylic acids is 1. The molecular formula is C15H22N2O. The lowest BCUT2D eigenvalue weighted by Crippen LogP contribution is -2.42. The standard InChI is InChI=1S/C15H22N2O/c1-12-6-3-4-8-14(12)15(18)17-9-5-7-13(11-17)10-16-2/h3-4,6,8,13,16H,5,7,9-11H2,1-2H3. The zero-order chi connectivity index (χ0) is 13.0. The van der Waals surface area contributed by atoms with Crippen molar-refractivity contribution < 1.29 is 4.79 Å². The summed E-state index contributed by atoms with van der Waals surface area (Å²) in [6, 6.07) is 7.85. The van der Waals surface area contributed by atoms with Crippen LogP contribution in [0.3, 0.4) is 0 Å². The van der Waals surface area contributed by atoms with E-state index < -0.39 is 0 Å². The number of carbonyl (C=O) groups is 1. The van der Waals surface area contributed by atoms with Gasteiger partial charge in [-0.3, -0.25) is 4.79 Å². The normalized spacial score (nSPS) is 19.9. The van der Waals surface area contributed by atoms with Gasteiger partial charge in [-0.15, -0.1) is 0 Å². The highest BCUT2D eigenvalue weighted by atomic mass is 16.2. The van der Waals surface area contributed by atoms with Gasteiger partial charge in [-0.05, 0) is 50.9 Å². The Bertz CT molecular complexity index is 415. The zero-order valence-corrected chi connectivity index (χ0v) is 11.3. The molecule has 1 aliphatic heterocycles. The molecule has 3 heteroatoms. The molecule has 1 atom stereocenters. The second-order valence-electron chi connectivity index (χ2n) is 5.13. The minimum atomic E-state index is 0.189. The van der Waals surface area contributed by atoms with E-state index in [4.69, 9.17) is 0 Å². The van der Waals surface area contributed by atoms with Crippen LogP contribution in [0.2, 0.25) is 0 Å². The van der Waals surface area contributed by atoms with Crippen LogP contribution in [0.1, 0.15) is 28.8 Å². The van der Waals surface area contributed by atoms with Crippen molar-refractivity contribution in [2.45, 2.75) is 19.8 Å². The van der Waals surface area contributed by atoms with E-state index in [1.807, 2.05) is 43.1 Å². The lowest BCUT2D eigenvalue weighted by atomic mass is 9.97. The van der Waals surface area contributed by atoms with Gasteiger partial charge >= 0.3 is 0 Å². The quantitative estimate of drug-likeness (QED) is 0.885. The van der Waals surface area contributed by atoms with Gasteiger partial charge in [0.15, 0.2) is 0 Å². The molecular weight excluding hydrogens is 224 g/mol. The lowest BCUT2D eigenvalue weighted by Gasteiger charge is -2.33. The van der Waals surface area contributed by atoms with Crippen LogP contribution in [0.25, 0.3) is 0 Å². The SMILES string of the molecule is CNCC1CCCN(C(=O)c2ccccc2C)C1.